The lowest BCUT2D eigenvalue weighted by molar-refractivity contribution is -0.158. The van der Waals surface area contributed by atoms with Gasteiger partial charge in [0.05, 0.1) is 0 Å². The topological polar surface area (TPSA) is 52.1 Å². The lowest BCUT2D eigenvalue weighted by Gasteiger charge is -2.29. The number of alkyl halides is 1. The number of carbonyl (C=O) groups is 1. The van der Waals surface area contributed by atoms with Gasteiger partial charge in [0.1, 0.15) is 6.10 Å². The predicted molar refractivity (Wildman–Crippen MR) is 140 cm³/mol. The van der Waals surface area contributed by atoms with E-state index >= 15 is 0 Å². The van der Waals surface area contributed by atoms with Crippen LogP contribution in [0.2, 0.25) is 0 Å². The van der Waals surface area contributed by atoms with Crippen LogP contribution >= 0.6 is 0 Å². The van der Waals surface area contributed by atoms with E-state index in [1.54, 1.807) is 6.92 Å². The number of hydrogen-bond donors (Lipinski definition) is 0. The number of nitrogens with zero attached hydrogens (tertiary/aromatic N) is 2. The van der Waals surface area contributed by atoms with Crippen LogP contribution in [0.4, 0.5) is 4.39 Å². The van der Waals surface area contributed by atoms with E-state index in [2.05, 4.69) is 41.2 Å². The fourth-order valence-corrected chi connectivity index (χ4v) is 4.83. The largest absolute Gasteiger partial charge is 0.460 e. The highest BCUT2D eigenvalue weighted by Crippen LogP contribution is 2.35. The van der Waals surface area contributed by atoms with Crippen molar-refractivity contribution in [3.05, 3.63) is 47.8 Å². The summed E-state index contributed by atoms with van der Waals surface area (Å²) in [7, 11) is 0. The molecule has 1 aliphatic carbocycles. The van der Waals surface area contributed by atoms with Gasteiger partial charge in [-0.05, 0) is 61.5 Å². The normalized spacial score (nSPS) is 19.8. The molecule has 0 amide bonds. The van der Waals surface area contributed by atoms with E-state index in [0.717, 1.165) is 43.5 Å². The molecule has 5 heteroatoms. The van der Waals surface area contributed by atoms with Gasteiger partial charge in [-0.3, -0.25) is 0 Å². The van der Waals surface area contributed by atoms with E-state index in [0.29, 0.717) is 12.3 Å². The first-order valence-electron chi connectivity index (χ1n) is 13.8. The van der Waals surface area contributed by atoms with Crippen molar-refractivity contribution in [3.63, 3.8) is 0 Å². The maximum atomic E-state index is 14.1. The van der Waals surface area contributed by atoms with Crippen molar-refractivity contribution < 1.29 is 13.9 Å². The van der Waals surface area contributed by atoms with E-state index in [9.17, 15) is 9.18 Å². The third kappa shape index (κ3) is 8.40. The number of hydrogen-bond acceptors (Lipinski definition) is 4. The number of esters is 1. The first-order chi connectivity index (χ1) is 17.0. The fourth-order valence-electron chi connectivity index (χ4n) is 4.83. The molecule has 3 rings (SSSR count). The molecule has 0 N–H and O–H groups in total. The van der Waals surface area contributed by atoms with Crippen molar-refractivity contribution in [1.29, 1.82) is 0 Å². The van der Waals surface area contributed by atoms with Gasteiger partial charge in [-0.1, -0.05) is 83.6 Å². The van der Waals surface area contributed by atoms with Crippen LogP contribution in [0.3, 0.4) is 0 Å². The minimum absolute atomic E-state index is 0.163. The first kappa shape index (κ1) is 27.3. The van der Waals surface area contributed by atoms with Crippen molar-refractivity contribution >= 4 is 5.97 Å². The Balaban J connectivity index is 1.44. The summed E-state index contributed by atoms with van der Waals surface area (Å²) in [5.41, 5.74) is 3.53. The molecule has 2 aromatic rings. The Labute approximate surface area is 211 Å². The zero-order chi connectivity index (χ0) is 25.0. The highest BCUT2D eigenvalue weighted by Gasteiger charge is 2.30. The van der Waals surface area contributed by atoms with Crippen LogP contribution in [0.25, 0.3) is 11.4 Å². The predicted octanol–water partition coefficient (Wildman–Crippen LogP) is 8.00. The van der Waals surface area contributed by atoms with Gasteiger partial charge >= 0.3 is 5.97 Å². The zero-order valence-electron chi connectivity index (χ0n) is 21.8. The Kier molecular flexibility index (Phi) is 11.2. The van der Waals surface area contributed by atoms with Gasteiger partial charge in [0, 0.05) is 18.0 Å². The lowest BCUT2D eigenvalue weighted by atomic mass is 9.82. The molecule has 0 spiro atoms. The minimum Gasteiger partial charge on any atom is -0.460 e. The van der Waals surface area contributed by atoms with Gasteiger partial charge in [0.2, 0.25) is 0 Å². The quantitative estimate of drug-likeness (QED) is 0.214. The molecular weight excluding hydrogens is 439 g/mol. The Hall–Kier alpha value is -2.30. The standard InChI is InChI=1S/C30H43FN2O2/c1-4-6-7-8-9-10-11-23-20-32-29(33-21-23)26-14-12-24(13-15-26)25-16-18-27(19-17-25)35-30(34)28(31)22(3)5-2/h12-15,20-22,25,27-28H,4-11,16-19H2,1-3H3/t22-,25-,27-,28-/m0/s1. The van der Waals surface area contributed by atoms with E-state index in [4.69, 9.17) is 4.74 Å². The van der Waals surface area contributed by atoms with Crippen LogP contribution in [-0.4, -0.2) is 28.2 Å². The average molecular weight is 483 g/mol. The summed E-state index contributed by atoms with van der Waals surface area (Å²) >= 11 is 0. The molecular formula is C30H43FN2O2. The summed E-state index contributed by atoms with van der Waals surface area (Å²) in [5.74, 6) is 0.222. The number of aryl methyl sites for hydroxylation is 1. The maximum absolute atomic E-state index is 14.1. The summed E-state index contributed by atoms with van der Waals surface area (Å²) in [6.07, 6.45) is 15.2. The molecule has 0 radical (unpaired) electrons. The molecule has 192 valence electrons. The molecule has 1 aromatic heterocycles. The molecule has 4 nitrogen and oxygen atoms in total. The third-order valence-electron chi connectivity index (χ3n) is 7.49. The van der Waals surface area contributed by atoms with E-state index in [1.807, 2.05) is 19.3 Å². The third-order valence-corrected chi connectivity index (χ3v) is 7.49. The van der Waals surface area contributed by atoms with E-state index in [1.165, 1.54) is 49.7 Å². The van der Waals surface area contributed by atoms with Gasteiger partial charge in [-0.25, -0.2) is 19.2 Å². The molecule has 2 atom stereocenters. The SMILES string of the molecule is CCCCCCCCc1cnc(-c2ccc([C@H]3CC[C@H](OC(=O)[C@@H](F)[C@@H](C)CC)CC3)cc2)nc1. The fraction of sp³-hybridized carbons (Fsp3) is 0.633. The molecule has 1 fully saturated rings. The van der Waals surface area contributed by atoms with Gasteiger partial charge in [-0.2, -0.15) is 0 Å². The van der Waals surface area contributed by atoms with Crippen LogP contribution in [0.15, 0.2) is 36.7 Å². The summed E-state index contributed by atoms with van der Waals surface area (Å²) in [6, 6.07) is 8.54. The van der Waals surface area contributed by atoms with Gasteiger partial charge in [0.15, 0.2) is 12.0 Å². The van der Waals surface area contributed by atoms with Gasteiger partial charge in [0.25, 0.3) is 0 Å². The monoisotopic (exact) mass is 482 g/mol. The van der Waals surface area contributed by atoms with Crippen LogP contribution in [0, 0.1) is 5.92 Å². The summed E-state index contributed by atoms with van der Waals surface area (Å²) < 4.78 is 19.6. The van der Waals surface area contributed by atoms with Crippen molar-refractivity contribution in [2.24, 2.45) is 5.92 Å². The molecule has 1 aliphatic rings. The number of aromatic nitrogens is 2. The molecule has 0 aliphatic heterocycles. The molecule has 1 aromatic carbocycles. The minimum atomic E-state index is -1.52. The van der Waals surface area contributed by atoms with Crippen molar-refractivity contribution in [1.82, 2.24) is 9.97 Å². The van der Waals surface area contributed by atoms with Crippen LogP contribution in [-0.2, 0) is 16.0 Å². The second kappa shape index (κ2) is 14.3. The summed E-state index contributed by atoms with van der Waals surface area (Å²) in [4.78, 5) is 21.2. The second-order valence-electron chi connectivity index (χ2n) is 10.3. The molecule has 0 unspecified atom stereocenters. The molecule has 1 saturated carbocycles. The van der Waals surface area contributed by atoms with E-state index in [-0.39, 0.29) is 12.0 Å². The average Bonchev–Trinajstić information content (AvgIpc) is 2.90. The Morgan fingerprint density at radius 3 is 2.23 bits per heavy atom. The van der Waals surface area contributed by atoms with Gasteiger partial charge < -0.3 is 4.74 Å². The smallest absolute Gasteiger partial charge is 0.341 e. The Morgan fingerprint density at radius 1 is 0.971 bits per heavy atom. The number of unbranched alkanes of at least 4 members (excludes halogenated alkanes) is 5. The van der Waals surface area contributed by atoms with Crippen LogP contribution in [0.5, 0.6) is 0 Å². The van der Waals surface area contributed by atoms with Gasteiger partial charge in [-0.15, -0.1) is 0 Å². The summed E-state index contributed by atoms with van der Waals surface area (Å²) in [5, 5.41) is 0. The van der Waals surface area contributed by atoms with Crippen molar-refractivity contribution in [3.8, 4) is 11.4 Å². The molecule has 0 saturated heterocycles. The number of halogens is 1. The number of rotatable bonds is 13. The highest BCUT2D eigenvalue weighted by molar-refractivity contribution is 5.75. The van der Waals surface area contributed by atoms with Crippen LogP contribution in [0.1, 0.15) is 108 Å². The Morgan fingerprint density at radius 2 is 1.60 bits per heavy atom. The highest BCUT2D eigenvalue weighted by atomic mass is 19.1. The maximum Gasteiger partial charge on any atom is 0.341 e. The Bertz CT molecular complexity index is 876. The van der Waals surface area contributed by atoms with E-state index < -0.39 is 12.1 Å². The number of ether oxygens (including phenoxy) is 1. The lowest BCUT2D eigenvalue weighted by Crippen LogP contribution is -2.31. The van der Waals surface area contributed by atoms with Crippen molar-refractivity contribution in [2.75, 3.05) is 0 Å². The second-order valence-corrected chi connectivity index (χ2v) is 10.3. The van der Waals surface area contributed by atoms with Crippen LogP contribution < -0.4 is 0 Å². The number of benzene rings is 1. The first-order valence-corrected chi connectivity index (χ1v) is 13.8. The molecule has 1 heterocycles. The van der Waals surface area contributed by atoms with Crippen molar-refractivity contribution in [2.45, 2.75) is 116 Å². The molecule has 0 bridgehead atoms. The summed E-state index contributed by atoms with van der Waals surface area (Å²) in [6.45, 7) is 5.89. The zero-order valence-corrected chi connectivity index (χ0v) is 21.8. The molecule has 35 heavy (non-hydrogen) atoms. The number of carbonyl (C=O) groups excluding carboxylic acids is 1.